The highest BCUT2D eigenvalue weighted by atomic mass is 16.7. The maximum atomic E-state index is 8.93. The first-order valence-electron chi connectivity index (χ1n) is 9.32. The van der Waals surface area contributed by atoms with Crippen molar-refractivity contribution in [3.63, 3.8) is 0 Å². The van der Waals surface area contributed by atoms with Crippen LogP contribution in [0.1, 0.15) is 77.6 Å². The van der Waals surface area contributed by atoms with Gasteiger partial charge in [0.2, 0.25) is 0 Å². The van der Waals surface area contributed by atoms with Gasteiger partial charge < -0.3 is 19.3 Å². The highest BCUT2D eigenvalue weighted by Crippen LogP contribution is 2.14. The van der Waals surface area contributed by atoms with Gasteiger partial charge in [-0.3, -0.25) is 0 Å². The lowest BCUT2D eigenvalue weighted by molar-refractivity contribution is -0.0810. The van der Waals surface area contributed by atoms with Gasteiger partial charge in [-0.25, -0.2) is 0 Å². The van der Waals surface area contributed by atoms with Crippen molar-refractivity contribution in [3.05, 3.63) is 0 Å². The Labute approximate surface area is 136 Å². The molecule has 1 aliphatic rings. The maximum Gasteiger partial charge on any atom is 0.160 e. The molecule has 1 aliphatic heterocycles. The Balaban J connectivity index is 1.72. The number of ether oxygens (including phenoxy) is 3. The lowest BCUT2D eigenvalue weighted by Crippen LogP contribution is -2.17. The molecule has 0 spiro atoms. The average molecular weight is 316 g/mol. The molecule has 0 bridgehead atoms. The normalized spacial score (nSPS) is 21.5. The van der Waals surface area contributed by atoms with Gasteiger partial charge in [-0.1, -0.05) is 64.7 Å². The summed E-state index contributed by atoms with van der Waals surface area (Å²) in [5.41, 5.74) is 0. The second-order valence-electron chi connectivity index (χ2n) is 6.29. The zero-order valence-electron chi connectivity index (χ0n) is 14.4. The summed E-state index contributed by atoms with van der Waals surface area (Å²) in [6.45, 7) is 4.32. The Bertz CT molecular complexity index is 235. The van der Waals surface area contributed by atoms with E-state index in [1.54, 1.807) is 0 Å². The quantitative estimate of drug-likeness (QED) is 0.463. The fourth-order valence-corrected chi connectivity index (χ4v) is 2.73. The minimum Gasteiger partial charge on any atom is -0.394 e. The molecule has 0 aliphatic carbocycles. The van der Waals surface area contributed by atoms with Crippen LogP contribution in [0, 0.1) is 0 Å². The third kappa shape index (κ3) is 10.5. The van der Waals surface area contributed by atoms with Gasteiger partial charge in [-0.05, 0) is 6.42 Å². The van der Waals surface area contributed by atoms with Crippen LogP contribution < -0.4 is 0 Å². The molecule has 1 fully saturated rings. The number of hydrogen-bond acceptors (Lipinski definition) is 4. The number of rotatable bonds is 15. The van der Waals surface area contributed by atoms with Gasteiger partial charge in [0.1, 0.15) is 6.10 Å². The summed E-state index contributed by atoms with van der Waals surface area (Å²) in [5.74, 6) is 0. The molecule has 0 aromatic rings. The zero-order valence-corrected chi connectivity index (χ0v) is 14.4. The molecule has 0 amide bonds. The first-order valence-corrected chi connectivity index (χ1v) is 9.32. The van der Waals surface area contributed by atoms with Crippen LogP contribution in [0.25, 0.3) is 0 Å². The van der Waals surface area contributed by atoms with Gasteiger partial charge >= 0.3 is 0 Å². The molecule has 22 heavy (non-hydrogen) atoms. The van der Waals surface area contributed by atoms with Gasteiger partial charge in [-0.15, -0.1) is 0 Å². The zero-order chi connectivity index (χ0) is 15.9. The highest BCUT2D eigenvalue weighted by molar-refractivity contribution is 4.63. The molecular formula is C18H36O4. The fraction of sp³-hybridized carbons (Fsp3) is 1.00. The molecule has 0 aromatic heterocycles. The minimum absolute atomic E-state index is 0.0377. The highest BCUT2D eigenvalue weighted by Gasteiger charge is 2.24. The van der Waals surface area contributed by atoms with Crippen LogP contribution in [-0.2, 0) is 14.2 Å². The van der Waals surface area contributed by atoms with Crippen LogP contribution in [0.3, 0.4) is 0 Å². The topological polar surface area (TPSA) is 47.9 Å². The van der Waals surface area contributed by atoms with Crippen molar-refractivity contribution in [3.8, 4) is 0 Å². The largest absolute Gasteiger partial charge is 0.394 e. The molecule has 0 aromatic carbocycles. The molecule has 1 rings (SSSR count). The van der Waals surface area contributed by atoms with Gasteiger partial charge in [-0.2, -0.15) is 0 Å². The van der Waals surface area contributed by atoms with Crippen molar-refractivity contribution in [2.45, 2.75) is 89.9 Å². The van der Waals surface area contributed by atoms with Crippen molar-refractivity contribution in [1.29, 1.82) is 0 Å². The molecule has 4 heteroatoms. The summed E-state index contributed by atoms with van der Waals surface area (Å²) in [4.78, 5) is 0. The predicted octanol–water partition coefficient (Wildman–Crippen LogP) is 4.05. The van der Waals surface area contributed by atoms with E-state index < -0.39 is 0 Å². The minimum atomic E-state index is -0.190. The number of hydrogen-bond donors (Lipinski definition) is 1. The van der Waals surface area contributed by atoms with E-state index in [1.807, 2.05) is 0 Å². The van der Waals surface area contributed by atoms with Crippen molar-refractivity contribution >= 4 is 0 Å². The summed E-state index contributed by atoms with van der Waals surface area (Å²) in [7, 11) is 0. The van der Waals surface area contributed by atoms with Gasteiger partial charge in [0.15, 0.2) is 6.29 Å². The first kappa shape index (κ1) is 19.9. The SMILES string of the molecule is CCCCCCCCCCCCOCC[C@H]1OC[C@@H](CO)O1. The third-order valence-corrected chi connectivity index (χ3v) is 4.16. The maximum absolute atomic E-state index is 8.93. The van der Waals surface area contributed by atoms with Crippen LogP contribution in [0.4, 0.5) is 0 Å². The summed E-state index contributed by atoms with van der Waals surface area (Å²) < 4.78 is 16.5. The van der Waals surface area contributed by atoms with Crippen molar-refractivity contribution < 1.29 is 19.3 Å². The fourth-order valence-electron chi connectivity index (χ4n) is 2.73. The van der Waals surface area contributed by atoms with E-state index in [-0.39, 0.29) is 19.0 Å². The first-order chi connectivity index (χ1) is 10.9. The molecule has 0 saturated carbocycles. The Morgan fingerprint density at radius 3 is 2.14 bits per heavy atom. The Morgan fingerprint density at radius 2 is 1.55 bits per heavy atom. The van der Waals surface area contributed by atoms with Gasteiger partial charge in [0, 0.05) is 13.0 Å². The number of unbranched alkanes of at least 4 members (excludes halogenated alkanes) is 9. The summed E-state index contributed by atoms with van der Waals surface area (Å²) in [6, 6.07) is 0. The van der Waals surface area contributed by atoms with E-state index in [1.165, 1.54) is 57.8 Å². The average Bonchev–Trinajstić information content (AvgIpc) is 3.00. The molecule has 4 nitrogen and oxygen atoms in total. The Hall–Kier alpha value is -0.160. The van der Waals surface area contributed by atoms with Gasteiger partial charge in [0.05, 0.1) is 19.8 Å². The van der Waals surface area contributed by atoms with Crippen LogP contribution in [0.2, 0.25) is 0 Å². The standard InChI is InChI=1S/C18H36O4/c1-2-3-4-5-6-7-8-9-10-11-13-20-14-12-18-21-16-17(15-19)22-18/h17-19H,2-16H2,1H3/t17-,18+/m1/s1. The smallest absolute Gasteiger partial charge is 0.160 e. The summed E-state index contributed by atoms with van der Waals surface area (Å²) in [5, 5.41) is 8.93. The molecule has 1 heterocycles. The molecule has 132 valence electrons. The lowest BCUT2D eigenvalue weighted by atomic mass is 10.1. The number of aliphatic hydroxyl groups is 1. The molecule has 0 unspecified atom stereocenters. The lowest BCUT2D eigenvalue weighted by Gasteiger charge is -2.10. The molecule has 0 radical (unpaired) electrons. The van der Waals surface area contributed by atoms with E-state index in [9.17, 15) is 0 Å². The number of aliphatic hydroxyl groups excluding tert-OH is 1. The second kappa shape index (κ2) is 14.4. The van der Waals surface area contributed by atoms with E-state index >= 15 is 0 Å². The van der Waals surface area contributed by atoms with E-state index in [2.05, 4.69) is 6.92 Å². The van der Waals surface area contributed by atoms with Crippen molar-refractivity contribution in [2.24, 2.45) is 0 Å². The molecule has 2 atom stereocenters. The van der Waals surface area contributed by atoms with Crippen LogP contribution in [-0.4, -0.2) is 43.9 Å². The van der Waals surface area contributed by atoms with E-state index in [0.717, 1.165) is 19.4 Å². The summed E-state index contributed by atoms with van der Waals surface area (Å²) >= 11 is 0. The van der Waals surface area contributed by atoms with E-state index in [0.29, 0.717) is 13.2 Å². The van der Waals surface area contributed by atoms with Crippen molar-refractivity contribution in [2.75, 3.05) is 26.4 Å². The third-order valence-electron chi connectivity index (χ3n) is 4.16. The second-order valence-corrected chi connectivity index (χ2v) is 6.29. The monoisotopic (exact) mass is 316 g/mol. The molecule has 1 saturated heterocycles. The van der Waals surface area contributed by atoms with Crippen LogP contribution in [0.15, 0.2) is 0 Å². The molecular weight excluding hydrogens is 280 g/mol. The summed E-state index contributed by atoms with van der Waals surface area (Å²) in [6.07, 6.45) is 13.9. The Kier molecular flexibility index (Phi) is 13.0. The molecule has 1 N–H and O–H groups in total. The van der Waals surface area contributed by atoms with Crippen LogP contribution in [0.5, 0.6) is 0 Å². The van der Waals surface area contributed by atoms with Gasteiger partial charge in [0.25, 0.3) is 0 Å². The van der Waals surface area contributed by atoms with Crippen LogP contribution >= 0.6 is 0 Å². The van der Waals surface area contributed by atoms with E-state index in [4.69, 9.17) is 19.3 Å². The Morgan fingerprint density at radius 1 is 0.909 bits per heavy atom. The predicted molar refractivity (Wildman–Crippen MR) is 89.0 cm³/mol. The van der Waals surface area contributed by atoms with Crippen molar-refractivity contribution in [1.82, 2.24) is 0 Å².